The molecule has 0 aliphatic heterocycles. The van der Waals surface area contributed by atoms with E-state index in [4.69, 9.17) is 0 Å². The highest BCUT2D eigenvalue weighted by Crippen LogP contribution is 2.25. The monoisotopic (exact) mass is 303 g/mol. The van der Waals surface area contributed by atoms with Gasteiger partial charge in [-0.3, -0.25) is 5.10 Å². The van der Waals surface area contributed by atoms with Crippen molar-refractivity contribution in [3.63, 3.8) is 0 Å². The van der Waals surface area contributed by atoms with Gasteiger partial charge in [-0.15, -0.1) is 22.7 Å². The Morgan fingerprint density at radius 2 is 2.10 bits per heavy atom. The lowest BCUT2D eigenvalue weighted by atomic mass is 10.1. The molecule has 1 unspecified atom stereocenters. The Morgan fingerprint density at radius 3 is 2.75 bits per heavy atom. The molecule has 0 fully saturated rings. The van der Waals surface area contributed by atoms with E-state index in [-0.39, 0.29) is 0 Å². The van der Waals surface area contributed by atoms with E-state index >= 15 is 0 Å². The maximum Gasteiger partial charge on any atom is 0.0535 e. The summed E-state index contributed by atoms with van der Waals surface area (Å²) in [6, 6.07) is 9.01. The zero-order valence-corrected chi connectivity index (χ0v) is 12.9. The third-order valence-electron chi connectivity index (χ3n) is 3.35. The van der Waals surface area contributed by atoms with E-state index in [2.05, 4.69) is 57.5 Å². The van der Waals surface area contributed by atoms with Gasteiger partial charge in [0.2, 0.25) is 0 Å². The van der Waals surface area contributed by atoms with Crippen LogP contribution in [-0.4, -0.2) is 10.2 Å². The fourth-order valence-electron chi connectivity index (χ4n) is 2.18. The van der Waals surface area contributed by atoms with Crippen molar-refractivity contribution in [3.05, 3.63) is 62.2 Å². The zero-order chi connectivity index (χ0) is 13.8. The molecule has 0 bridgehead atoms. The molecule has 20 heavy (non-hydrogen) atoms. The molecule has 3 heterocycles. The minimum absolute atomic E-state index is 0.364. The summed E-state index contributed by atoms with van der Waals surface area (Å²) in [6.45, 7) is 2.90. The predicted molar refractivity (Wildman–Crippen MR) is 85.2 cm³/mol. The van der Waals surface area contributed by atoms with Crippen LogP contribution in [0.25, 0.3) is 0 Å². The van der Waals surface area contributed by atoms with Crippen LogP contribution < -0.4 is 5.32 Å². The van der Waals surface area contributed by atoms with Crippen molar-refractivity contribution in [3.8, 4) is 0 Å². The highest BCUT2D eigenvalue weighted by Gasteiger charge is 2.14. The van der Waals surface area contributed by atoms with Crippen molar-refractivity contribution < 1.29 is 0 Å². The van der Waals surface area contributed by atoms with Gasteiger partial charge in [0.1, 0.15) is 0 Å². The van der Waals surface area contributed by atoms with Gasteiger partial charge in [-0.1, -0.05) is 12.1 Å². The summed E-state index contributed by atoms with van der Waals surface area (Å²) in [5.74, 6) is 0. The summed E-state index contributed by atoms with van der Waals surface area (Å²) in [5.41, 5.74) is 2.37. The van der Waals surface area contributed by atoms with Gasteiger partial charge < -0.3 is 5.32 Å². The number of aryl methyl sites for hydroxylation is 1. The van der Waals surface area contributed by atoms with Crippen LogP contribution in [-0.2, 0) is 13.0 Å². The average molecular weight is 303 g/mol. The molecule has 0 aliphatic carbocycles. The topological polar surface area (TPSA) is 40.7 Å². The summed E-state index contributed by atoms with van der Waals surface area (Å²) in [7, 11) is 0. The highest BCUT2D eigenvalue weighted by molar-refractivity contribution is 7.10. The van der Waals surface area contributed by atoms with E-state index < -0.39 is 0 Å². The van der Waals surface area contributed by atoms with Gasteiger partial charge in [0, 0.05) is 40.0 Å². The molecular formula is C15H17N3S2. The van der Waals surface area contributed by atoms with E-state index in [1.54, 1.807) is 0 Å². The lowest BCUT2D eigenvalue weighted by Crippen LogP contribution is -2.22. The second-order valence-corrected chi connectivity index (χ2v) is 6.76. The summed E-state index contributed by atoms with van der Waals surface area (Å²) < 4.78 is 0. The number of aromatic amines is 1. The highest BCUT2D eigenvalue weighted by atomic mass is 32.1. The first-order valence-corrected chi connectivity index (χ1v) is 8.37. The number of aromatic nitrogens is 2. The number of nitrogens with zero attached hydrogens (tertiary/aromatic N) is 1. The van der Waals surface area contributed by atoms with Crippen LogP contribution in [0, 0.1) is 6.92 Å². The minimum Gasteiger partial charge on any atom is -0.305 e. The third-order valence-corrected chi connectivity index (χ3v) is 5.23. The average Bonchev–Trinajstić information content (AvgIpc) is 3.18. The number of thiophene rings is 2. The molecule has 3 aromatic heterocycles. The number of H-pyrrole nitrogens is 1. The van der Waals surface area contributed by atoms with Crippen LogP contribution in [0.3, 0.4) is 0 Å². The lowest BCUT2D eigenvalue weighted by molar-refractivity contribution is 0.540. The quantitative estimate of drug-likeness (QED) is 0.725. The summed E-state index contributed by atoms with van der Waals surface area (Å²) in [5, 5.41) is 15.0. The lowest BCUT2D eigenvalue weighted by Gasteiger charge is -2.16. The van der Waals surface area contributed by atoms with E-state index in [9.17, 15) is 0 Å². The molecule has 3 aromatic rings. The van der Waals surface area contributed by atoms with Crippen LogP contribution in [0.15, 0.2) is 41.2 Å². The minimum atomic E-state index is 0.364. The van der Waals surface area contributed by atoms with Crippen LogP contribution in [0.1, 0.15) is 27.1 Å². The maximum atomic E-state index is 4.08. The van der Waals surface area contributed by atoms with Gasteiger partial charge in [-0.05, 0) is 29.8 Å². The molecule has 0 radical (unpaired) electrons. The molecule has 3 nitrogen and oxygen atoms in total. The van der Waals surface area contributed by atoms with Crippen LogP contribution in [0.2, 0.25) is 0 Å². The summed E-state index contributed by atoms with van der Waals surface area (Å²) in [4.78, 5) is 2.80. The fraction of sp³-hybridized carbons (Fsp3) is 0.267. The van der Waals surface area contributed by atoms with Gasteiger partial charge >= 0.3 is 0 Å². The van der Waals surface area contributed by atoms with Gasteiger partial charge in [0.05, 0.1) is 6.20 Å². The van der Waals surface area contributed by atoms with Gasteiger partial charge in [-0.25, -0.2) is 0 Å². The smallest absolute Gasteiger partial charge is 0.0535 e. The SMILES string of the molecule is Cc1[nH]ncc1CNC(Cc1cccs1)c1cccs1. The van der Waals surface area contributed by atoms with Crippen molar-refractivity contribution in [2.45, 2.75) is 25.9 Å². The Morgan fingerprint density at radius 1 is 1.25 bits per heavy atom. The number of nitrogens with one attached hydrogen (secondary N) is 2. The number of hydrogen-bond acceptors (Lipinski definition) is 4. The maximum absolute atomic E-state index is 4.08. The molecule has 0 saturated heterocycles. The standard InChI is InChI=1S/C15H17N3S2/c1-11-12(10-17-18-11)9-16-14(15-5-3-7-20-15)8-13-4-2-6-19-13/h2-7,10,14,16H,8-9H2,1H3,(H,17,18). The molecule has 0 amide bonds. The van der Waals surface area contributed by atoms with Crippen LogP contribution in [0.4, 0.5) is 0 Å². The molecule has 104 valence electrons. The molecule has 0 spiro atoms. The summed E-state index contributed by atoms with van der Waals surface area (Å²) in [6.07, 6.45) is 2.94. The zero-order valence-electron chi connectivity index (χ0n) is 11.3. The van der Waals surface area contributed by atoms with Gasteiger partial charge in [0.15, 0.2) is 0 Å². The number of hydrogen-bond donors (Lipinski definition) is 2. The first-order chi connectivity index (χ1) is 9.83. The molecule has 2 N–H and O–H groups in total. The molecule has 0 saturated carbocycles. The predicted octanol–water partition coefficient (Wildman–Crippen LogP) is 3.91. The fourth-order valence-corrected chi connectivity index (χ4v) is 3.73. The Hall–Kier alpha value is -1.43. The van der Waals surface area contributed by atoms with Gasteiger partial charge in [-0.2, -0.15) is 5.10 Å². The Labute approximate surface area is 126 Å². The van der Waals surface area contributed by atoms with E-state index in [1.165, 1.54) is 15.3 Å². The van der Waals surface area contributed by atoms with Crippen LogP contribution in [0.5, 0.6) is 0 Å². The Bertz CT molecular complexity index is 626. The van der Waals surface area contributed by atoms with Crippen LogP contribution >= 0.6 is 22.7 Å². The normalized spacial score (nSPS) is 12.7. The first-order valence-electron chi connectivity index (χ1n) is 6.61. The van der Waals surface area contributed by atoms with Crippen molar-refractivity contribution in [2.24, 2.45) is 0 Å². The van der Waals surface area contributed by atoms with Crippen molar-refractivity contribution in [2.75, 3.05) is 0 Å². The second kappa shape index (κ2) is 6.35. The molecular weight excluding hydrogens is 286 g/mol. The Balaban J connectivity index is 1.71. The molecule has 1 atom stereocenters. The number of rotatable bonds is 6. The molecule has 0 aromatic carbocycles. The second-order valence-electron chi connectivity index (χ2n) is 4.75. The molecule has 0 aliphatic rings. The van der Waals surface area contributed by atoms with E-state index in [0.717, 1.165) is 18.7 Å². The van der Waals surface area contributed by atoms with E-state index in [1.807, 2.05) is 28.9 Å². The van der Waals surface area contributed by atoms with E-state index in [0.29, 0.717) is 6.04 Å². The Kier molecular flexibility index (Phi) is 4.30. The van der Waals surface area contributed by atoms with Gasteiger partial charge in [0.25, 0.3) is 0 Å². The molecule has 5 heteroatoms. The third kappa shape index (κ3) is 3.17. The molecule has 3 rings (SSSR count). The van der Waals surface area contributed by atoms with Crippen molar-refractivity contribution in [1.82, 2.24) is 15.5 Å². The van der Waals surface area contributed by atoms with Crippen molar-refractivity contribution >= 4 is 22.7 Å². The van der Waals surface area contributed by atoms with Crippen molar-refractivity contribution in [1.29, 1.82) is 0 Å². The first kappa shape index (κ1) is 13.5. The summed E-state index contributed by atoms with van der Waals surface area (Å²) >= 11 is 3.63. The largest absolute Gasteiger partial charge is 0.305 e.